The second kappa shape index (κ2) is 4.71. The summed E-state index contributed by atoms with van der Waals surface area (Å²) < 4.78 is 1.56. The van der Waals surface area contributed by atoms with Gasteiger partial charge in [-0.25, -0.2) is 9.48 Å². The van der Waals surface area contributed by atoms with Crippen LogP contribution in [0.2, 0.25) is 0 Å². The van der Waals surface area contributed by atoms with Gasteiger partial charge in [-0.15, -0.1) is 16.4 Å². The van der Waals surface area contributed by atoms with Gasteiger partial charge in [-0.1, -0.05) is 11.3 Å². The van der Waals surface area contributed by atoms with Crippen LogP contribution in [0.25, 0.3) is 0 Å². The highest BCUT2D eigenvalue weighted by molar-refractivity contribution is 7.09. The van der Waals surface area contributed by atoms with Crippen molar-refractivity contribution in [3.05, 3.63) is 34.3 Å². The Bertz CT molecular complexity index is 645. The van der Waals surface area contributed by atoms with E-state index in [9.17, 15) is 9.59 Å². The number of carbonyl (C=O) groups is 2. The molecule has 104 valence electrons. The Balaban J connectivity index is 1.67. The van der Waals surface area contributed by atoms with E-state index in [1.807, 2.05) is 17.5 Å². The molecule has 20 heavy (non-hydrogen) atoms. The molecule has 0 saturated heterocycles. The lowest BCUT2D eigenvalue weighted by Gasteiger charge is -2.10. The van der Waals surface area contributed by atoms with E-state index in [0.717, 1.165) is 4.88 Å². The Labute approximate surface area is 118 Å². The van der Waals surface area contributed by atoms with Gasteiger partial charge in [0.25, 0.3) is 5.91 Å². The molecule has 1 amide bonds. The van der Waals surface area contributed by atoms with Crippen LogP contribution in [0, 0.1) is 0 Å². The highest BCUT2D eigenvalue weighted by Gasteiger charge is 2.51. The van der Waals surface area contributed by atoms with Gasteiger partial charge in [0.1, 0.15) is 5.54 Å². The average molecular weight is 292 g/mol. The Kier molecular flexibility index (Phi) is 3.01. The van der Waals surface area contributed by atoms with Crippen LogP contribution in [0.3, 0.4) is 0 Å². The highest BCUT2D eigenvalue weighted by Crippen LogP contribution is 2.35. The minimum Gasteiger partial charge on any atom is -0.480 e. The first-order valence-electron chi connectivity index (χ1n) is 6.07. The molecule has 0 bridgehead atoms. The fourth-order valence-corrected chi connectivity index (χ4v) is 2.54. The molecule has 0 spiro atoms. The minimum atomic E-state index is -1.10. The van der Waals surface area contributed by atoms with Crippen molar-refractivity contribution in [3.63, 3.8) is 0 Å². The molecule has 0 atom stereocenters. The second-order valence-corrected chi connectivity index (χ2v) is 5.75. The lowest BCUT2D eigenvalue weighted by molar-refractivity contribution is -0.140. The molecule has 1 aliphatic rings. The van der Waals surface area contributed by atoms with Gasteiger partial charge in [0.15, 0.2) is 5.69 Å². The van der Waals surface area contributed by atoms with Gasteiger partial charge in [0, 0.05) is 4.88 Å². The number of thiophene rings is 1. The first-order valence-corrected chi connectivity index (χ1v) is 6.95. The fourth-order valence-electron chi connectivity index (χ4n) is 1.84. The SMILES string of the molecule is O=C(NC1(C(=O)O)CC1)c1cn(Cc2cccs2)nn1. The van der Waals surface area contributed by atoms with Gasteiger partial charge >= 0.3 is 5.97 Å². The molecule has 2 heterocycles. The van der Waals surface area contributed by atoms with Crippen molar-refractivity contribution in [2.45, 2.75) is 24.9 Å². The summed E-state index contributed by atoms with van der Waals surface area (Å²) in [7, 11) is 0. The molecule has 1 saturated carbocycles. The molecule has 1 aliphatic carbocycles. The lowest BCUT2D eigenvalue weighted by atomic mass is 10.2. The van der Waals surface area contributed by atoms with Crippen LogP contribution in [-0.4, -0.2) is 37.5 Å². The normalized spacial score (nSPS) is 15.8. The average Bonchev–Trinajstić information content (AvgIpc) is 2.86. The third-order valence-corrected chi connectivity index (χ3v) is 4.04. The lowest BCUT2D eigenvalue weighted by Crippen LogP contribution is -2.43. The number of hydrogen-bond acceptors (Lipinski definition) is 5. The van der Waals surface area contributed by atoms with Crippen molar-refractivity contribution in [1.82, 2.24) is 20.3 Å². The molecular weight excluding hydrogens is 280 g/mol. The maximum atomic E-state index is 11.9. The molecule has 2 aromatic rings. The molecular formula is C12H12N4O3S. The molecule has 3 rings (SSSR count). The van der Waals surface area contributed by atoms with E-state index >= 15 is 0 Å². The summed E-state index contributed by atoms with van der Waals surface area (Å²) in [6.45, 7) is 0.544. The molecule has 2 N–H and O–H groups in total. The van der Waals surface area contributed by atoms with Gasteiger partial charge < -0.3 is 10.4 Å². The topological polar surface area (TPSA) is 97.1 Å². The van der Waals surface area contributed by atoms with Crippen molar-refractivity contribution < 1.29 is 14.7 Å². The summed E-state index contributed by atoms with van der Waals surface area (Å²) in [4.78, 5) is 24.0. The molecule has 7 nitrogen and oxygen atoms in total. The van der Waals surface area contributed by atoms with Gasteiger partial charge in [0.05, 0.1) is 12.7 Å². The molecule has 1 fully saturated rings. The van der Waals surface area contributed by atoms with Gasteiger partial charge in [-0.05, 0) is 24.3 Å². The minimum absolute atomic E-state index is 0.133. The van der Waals surface area contributed by atoms with Crippen molar-refractivity contribution in [3.8, 4) is 0 Å². The summed E-state index contributed by atoms with van der Waals surface area (Å²) in [5.74, 6) is -1.50. The standard InChI is InChI=1S/C12H12N4O3S/c17-10(13-12(3-4-12)11(18)19)9-7-16(15-14-9)6-8-2-1-5-20-8/h1-2,5,7H,3-4,6H2,(H,13,17)(H,18,19). The van der Waals surface area contributed by atoms with E-state index in [1.54, 1.807) is 16.0 Å². The first kappa shape index (κ1) is 12.8. The third kappa shape index (κ3) is 2.42. The smallest absolute Gasteiger partial charge is 0.329 e. The van der Waals surface area contributed by atoms with Gasteiger partial charge in [-0.2, -0.15) is 0 Å². The maximum Gasteiger partial charge on any atom is 0.329 e. The molecule has 0 radical (unpaired) electrons. The largest absolute Gasteiger partial charge is 0.480 e. The quantitative estimate of drug-likeness (QED) is 0.847. The summed E-state index contributed by atoms with van der Waals surface area (Å²) in [6.07, 6.45) is 2.43. The zero-order valence-electron chi connectivity index (χ0n) is 10.4. The maximum absolute atomic E-state index is 11.9. The number of carboxylic acids is 1. The predicted molar refractivity (Wildman–Crippen MR) is 70.5 cm³/mol. The first-order chi connectivity index (χ1) is 9.59. The number of aliphatic carboxylic acids is 1. The number of carboxylic acid groups (broad SMARTS) is 1. The van der Waals surface area contributed by atoms with E-state index in [4.69, 9.17) is 5.11 Å². The number of amides is 1. The zero-order chi connectivity index (χ0) is 14.2. The van der Waals surface area contributed by atoms with E-state index in [0.29, 0.717) is 19.4 Å². The second-order valence-electron chi connectivity index (χ2n) is 4.72. The highest BCUT2D eigenvalue weighted by atomic mass is 32.1. The van der Waals surface area contributed by atoms with E-state index < -0.39 is 17.4 Å². The third-order valence-electron chi connectivity index (χ3n) is 3.18. The fraction of sp³-hybridized carbons (Fsp3) is 0.333. The van der Waals surface area contributed by atoms with Crippen molar-refractivity contribution >= 4 is 23.2 Å². The van der Waals surface area contributed by atoms with Crippen LogP contribution in [0.1, 0.15) is 28.2 Å². The summed E-state index contributed by atoms with van der Waals surface area (Å²) in [5, 5.41) is 21.1. The number of hydrogen-bond donors (Lipinski definition) is 2. The Morgan fingerprint density at radius 3 is 2.90 bits per heavy atom. The Hall–Kier alpha value is -2.22. The van der Waals surface area contributed by atoms with E-state index in [-0.39, 0.29) is 5.69 Å². The van der Waals surface area contributed by atoms with Crippen molar-refractivity contribution in [2.24, 2.45) is 0 Å². The van der Waals surface area contributed by atoms with E-state index in [1.165, 1.54) is 6.20 Å². The number of nitrogens with zero attached hydrogens (tertiary/aromatic N) is 3. The Morgan fingerprint density at radius 2 is 2.30 bits per heavy atom. The number of aromatic nitrogens is 3. The number of nitrogens with one attached hydrogen (secondary N) is 1. The van der Waals surface area contributed by atoms with Crippen LogP contribution in [0.5, 0.6) is 0 Å². The molecule has 2 aromatic heterocycles. The number of rotatable bonds is 5. The van der Waals surface area contributed by atoms with Crippen LogP contribution in [-0.2, 0) is 11.3 Å². The van der Waals surface area contributed by atoms with Gasteiger partial charge in [0.2, 0.25) is 0 Å². The summed E-state index contributed by atoms with van der Waals surface area (Å²) >= 11 is 1.59. The molecule has 8 heteroatoms. The Morgan fingerprint density at radius 1 is 1.50 bits per heavy atom. The van der Waals surface area contributed by atoms with Crippen molar-refractivity contribution in [1.29, 1.82) is 0 Å². The monoisotopic (exact) mass is 292 g/mol. The summed E-state index contributed by atoms with van der Waals surface area (Å²) in [6, 6.07) is 3.91. The molecule has 0 unspecified atom stereocenters. The molecule has 0 aromatic carbocycles. The zero-order valence-corrected chi connectivity index (χ0v) is 11.3. The van der Waals surface area contributed by atoms with Crippen LogP contribution in [0.4, 0.5) is 0 Å². The van der Waals surface area contributed by atoms with E-state index in [2.05, 4.69) is 15.6 Å². The van der Waals surface area contributed by atoms with Crippen molar-refractivity contribution in [2.75, 3.05) is 0 Å². The van der Waals surface area contributed by atoms with Crippen LogP contribution in [0.15, 0.2) is 23.7 Å². The summed E-state index contributed by atoms with van der Waals surface area (Å²) in [5.41, 5.74) is -0.969. The van der Waals surface area contributed by atoms with Crippen LogP contribution < -0.4 is 5.32 Å². The predicted octanol–water partition coefficient (Wildman–Crippen LogP) is 0.735. The molecule has 0 aliphatic heterocycles. The van der Waals surface area contributed by atoms with Gasteiger partial charge in [-0.3, -0.25) is 4.79 Å². The number of carbonyl (C=O) groups excluding carboxylic acids is 1. The van der Waals surface area contributed by atoms with Crippen LogP contribution >= 0.6 is 11.3 Å².